The number of hydrogen-bond donors (Lipinski definition) is 1. The molecule has 9 heavy (non-hydrogen) atoms. The molecule has 1 aromatic rings. The third-order valence-corrected chi connectivity index (χ3v) is 0.962. The third-order valence-electron chi connectivity index (χ3n) is 0.962. The molecular weight excluding hydrogens is 121 g/mol. The summed E-state index contributed by atoms with van der Waals surface area (Å²) in [5.74, 6) is 0. The average Bonchev–Trinajstić information content (AvgIpc) is 2.10. The van der Waals surface area contributed by atoms with Crippen molar-refractivity contribution in [2.24, 2.45) is 0 Å². The number of imidazole rings is 1. The number of H-pyrrole nitrogens is 1. The van der Waals surface area contributed by atoms with Gasteiger partial charge in [0.1, 0.15) is 6.07 Å². The van der Waals surface area contributed by atoms with Crippen molar-refractivity contribution in [3.8, 4) is 6.07 Å². The highest BCUT2D eigenvalue weighted by Crippen LogP contribution is 2.00. The van der Waals surface area contributed by atoms with E-state index < -0.39 is 6.08 Å². The van der Waals surface area contributed by atoms with Crippen molar-refractivity contribution in [2.75, 3.05) is 0 Å². The SMILES string of the molecule is Cc1[nH]c(F)nc1C#N. The van der Waals surface area contributed by atoms with Gasteiger partial charge in [0, 0.05) is 0 Å². The van der Waals surface area contributed by atoms with E-state index in [1.807, 2.05) is 0 Å². The summed E-state index contributed by atoms with van der Waals surface area (Å²) in [7, 11) is 0. The van der Waals surface area contributed by atoms with Crippen LogP contribution in [0.4, 0.5) is 4.39 Å². The molecule has 1 aromatic heterocycles. The standard InChI is InChI=1S/C5H4FN3/c1-3-4(2-7)9-5(6)8-3/h1H3,(H,8,9). The van der Waals surface area contributed by atoms with Crippen LogP contribution >= 0.6 is 0 Å². The van der Waals surface area contributed by atoms with Crippen LogP contribution in [0.2, 0.25) is 0 Å². The Morgan fingerprint density at radius 3 is 2.67 bits per heavy atom. The molecule has 0 aromatic carbocycles. The van der Waals surface area contributed by atoms with Gasteiger partial charge in [0.2, 0.25) is 0 Å². The molecule has 1 rings (SSSR count). The zero-order valence-electron chi connectivity index (χ0n) is 4.77. The summed E-state index contributed by atoms with van der Waals surface area (Å²) in [5.41, 5.74) is 0.586. The maximum Gasteiger partial charge on any atom is 0.288 e. The summed E-state index contributed by atoms with van der Waals surface area (Å²) in [6, 6.07) is 1.73. The Kier molecular flexibility index (Phi) is 1.19. The molecule has 0 spiro atoms. The largest absolute Gasteiger partial charge is 0.317 e. The van der Waals surface area contributed by atoms with Gasteiger partial charge in [0.25, 0.3) is 6.08 Å². The predicted molar refractivity (Wildman–Crippen MR) is 28.0 cm³/mol. The van der Waals surface area contributed by atoms with Gasteiger partial charge >= 0.3 is 0 Å². The Hall–Kier alpha value is -1.37. The van der Waals surface area contributed by atoms with Gasteiger partial charge in [-0.2, -0.15) is 14.6 Å². The van der Waals surface area contributed by atoms with E-state index in [1.54, 1.807) is 13.0 Å². The first-order valence-electron chi connectivity index (χ1n) is 2.36. The third kappa shape index (κ3) is 0.891. The van der Waals surface area contributed by atoms with Crippen LogP contribution in [-0.4, -0.2) is 9.97 Å². The van der Waals surface area contributed by atoms with Crippen LogP contribution < -0.4 is 0 Å². The molecule has 3 nitrogen and oxygen atoms in total. The lowest BCUT2D eigenvalue weighted by molar-refractivity contribution is 0.550. The van der Waals surface area contributed by atoms with Gasteiger partial charge in [-0.15, -0.1) is 0 Å². The van der Waals surface area contributed by atoms with Crippen molar-refractivity contribution < 1.29 is 4.39 Å². The molecule has 0 aliphatic rings. The number of nitrogens with one attached hydrogen (secondary N) is 1. The number of aryl methyl sites for hydroxylation is 1. The van der Waals surface area contributed by atoms with E-state index in [4.69, 9.17) is 5.26 Å². The van der Waals surface area contributed by atoms with Crippen molar-refractivity contribution in [1.82, 2.24) is 9.97 Å². The molecule has 0 aliphatic heterocycles. The molecule has 0 amide bonds. The quantitative estimate of drug-likeness (QED) is 0.555. The molecule has 0 fully saturated rings. The number of rotatable bonds is 0. The molecule has 0 unspecified atom stereocenters. The lowest BCUT2D eigenvalue weighted by Gasteiger charge is -1.75. The number of nitriles is 1. The van der Waals surface area contributed by atoms with Gasteiger partial charge in [0.05, 0.1) is 5.69 Å². The topological polar surface area (TPSA) is 52.5 Å². The fourth-order valence-electron chi connectivity index (χ4n) is 0.533. The maximum atomic E-state index is 12.1. The molecule has 4 heteroatoms. The smallest absolute Gasteiger partial charge is 0.288 e. The summed E-state index contributed by atoms with van der Waals surface area (Å²) in [6.45, 7) is 1.59. The van der Waals surface area contributed by atoms with Crippen LogP contribution in [0.15, 0.2) is 0 Å². The predicted octanol–water partition coefficient (Wildman–Crippen LogP) is 0.729. The van der Waals surface area contributed by atoms with Gasteiger partial charge in [0.15, 0.2) is 5.69 Å². The normalized spacial score (nSPS) is 9.00. The number of aromatic amines is 1. The minimum Gasteiger partial charge on any atom is -0.317 e. The van der Waals surface area contributed by atoms with E-state index >= 15 is 0 Å². The zero-order chi connectivity index (χ0) is 6.85. The van der Waals surface area contributed by atoms with Gasteiger partial charge < -0.3 is 4.98 Å². The van der Waals surface area contributed by atoms with Crippen molar-refractivity contribution in [2.45, 2.75) is 6.92 Å². The summed E-state index contributed by atoms with van der Waals surface area (Å²) >= 11 is 0. The molecular formula is C5H4FN3. The Bertz CT molecular complexity index is 258. The highest BCUT2D eigenvalue weighted by atomic mass is 19.1. The second-order valence-corrected chi connectivity index (χ2v) is 1.61. The highest BCUT2D eigenvalue weighted by Gasteiger charge is 2.02. The van der Waals surface area contributed by atoms with E-state index in [-0.39, 0.29) is 5.69 Å². The first-order chi connectivity index (χ1) is 4.24. The Morgan fingerprint density at radius 1 is 1.78 bits per heavy atom. The van der Waals surface area contributed by atoms with E-state index in [1.165, 1.54) is 0 Å². The first kappa shape index (κ1) is 5.76. The molecule has 0 atom stereocenters. The monoisotopic (exact) mass is 125 g/mol. The van der Waals surface area contributed by atoms with Gasteiger partial charge in [-0.05, 0) is 6.92 Å². The van der Waals surface area contributed by atoms with Gasteiger partial charge in [-0.1, -0.05) is 0 Å². The number of aromatic nitrogens is 2. The minimum absolute atomic E-state index is 0.118. The van der Waals surface area contributed by atoms with E-state index in [2.05, 4.69) is 9.97 Å². The van der Waals surface area contributed by atoms with Crippen molar-refractivity contribution in [3.05, 3.63) is 17.5 Å². The van der Waals surface area contributed by atoms with Crippen molar-refractivity contribution in [1.29, 1.82) is 5.26 Å². The number of hydrogen-bond acceptors (Lipinski definition) is 2. The number of nitrogens with zero attached hydrogens (tertiary/aromatic N) is 2. The highest BCUT2D eigenvalue weighted by molar-refractivity contribution is 5.23. The average molecular weight is 125 g/mol. The van der Waals surface area contributed by atoms with E-state index in [0.29, 0.717) is 5.69 Å². The van der Waals surface area contributed by atoms with E-state index in [9.17, 15) is 4.39 Å². The van der Waals surface area contributed by atoms with E-state index in [0.717, 1.165) is 0 Å². The summed E-state index contributed by atoms with van der Waals surface area (Å²) < 4.78 is 12.1. The molecule has 0 radical (unpaired) electrons. The second-order valence-electron chi connectivity index (χ2n) is 1.61. The summed E-state index contributed by atoms with van der Waals surface area (Å²) in [5, 5.41) is 8.23. The second kappa shape index (κ2) is 1.86. The summed E-state index contributed by atoms with van der Waals surface area (Å²) in [6.07, 6.45) is -0.705. The lowest BCUT2D eigenvalue weighted by Crippen LogP contribution is -1.75. The first-order valence-corrected chi connectivity index (χ1v) is 2.36. The van der Waals surface area contributed by atoms with Crippen LogP contribution in [-0.2, 0) is 0 Å². The molecule has 0 saturated carbocycles. The molecule has 1 heterocycles. The zero-order valence-corrected chi connectivity index (χ0v) is 4.77. The van der Waals surface area contributed by atoms with Gasteiger partial charge in [-0.25, -0.2) is 0 Å². The Morgan fingerprint density at radius 2 is 2.44 bits per heavy atom. The molecule has 0 saturated heterocycles. The number of halogens is 1. The summed E-state index contributed by atoms with van der Waals surface area (Å²) in [4.78, 5) is 5.50. The molecule has 1 N–H and O–H groups in total. The maximum absolute atomic E-state index is 12.1. The van der Waals surface area contributed by atoms with Crippen LogP contribution in [0.1, 0.15) is 11.4 Å². The van der Waals surface area contributed by atoms with Crippen LogP contribution in [0.5, 0.6) is 0 Å². The van der Waals surface area contributed by atoms with Crippen LogP contribution in [0.3, 0.4) is 0 Å². The van der Waals surface area contributed by atoms with Crippen LogP contribution in [0.25, 0.3) is 0 Å². The van der Waals surface area contributed by atoms with Crippen molar-refractivity contribution >= 4 is 0 Å². The van der Waals surface area contributed by atoms with Crippen LogP contribution in [0, 0.1) is 24.3 Å². The van der Waals surface area contributed by atoms with Crippen molar-refractivity contribution in [3.63, 3.8) is 0 Å². The molecule has 0 aliphatic carbocycles. The minimum atomic E-state index is -0.705. The Labute approximate surface area is 51.1 Å². The lowest BCUT2D eigenvalue weighted by atomic mass is 10.4. The molecule has 46 valence electrons. The van der Waals surface area contributed by atoms with Gasteiger partial charge in [-0.3, -0.25) is 0 Å². The Balaban J connectivity index is 3.20. The fourth-order valence-corrected chi connectivity index (χ4v) is 0.533. The fraction of sp³-hybridized carbons (Fsp3) is 0.200. The molecule has 0 bridgehead atoms.